The Morgan fingerprint density at radius 2 is 1.93 bits per heavy atom. The molecule has 0 radical (unpaired) electrons. The van der Waals surface area contributed by atoms with E-state index >= 15 is 0 Å². The van der Waals surface area contributed by atoms with Crippen molar-refractivity contribution < 1.29 is 9.53 Å². The van der Waals surface area contributed by atoms with Gasteiger partial charge in [0.2, 0.25) is 5.91 Å². The van der Waals surface area contributed by atoms with Crippen LogP contribution in [0, 0.1) is 5.92 Å². The van der Waals surface area contributed by atoms with Crippen LogP contribution in [0.3, 0.4) is 0 Å². The summed E-state index contributed by atoms with van der Waals surface area (Å²) < 4.78 is 5.38. The summed E-state index contributed by atoms with van der Waals surface area (Å²) in [5.41, 5.74) is 1.01. The number of thioether (sulfide) groups is 1. The normalized spacial score (nSPS) is 15.6. The monoisotopic (exact) mass is 385 g/mol. The molecule has 1 aromatic carbocycles. The van der Waals surface area contributed by atoms with Crippen LogP contribution in [0.1, 0.15) is 19.4 Å². The Balaban J connectivity index is 1.55. The van der Waals surface area contributed by atoms with Crippen LogP contribution in [0.4, 0.5) is 5.82 Å². The van der Waals surface area contributed by atoms with Crippen molar-refractivity contribution in [3.05, 3.63) is 54.2 Å². The molecule has 6 heteroatoms. The molecule has 1 aromatic heterocycles. The Morgan fingerprint density at radius 3 is 2.56 bits per heavy atom. The Bertz CT molecular complexity index is 716. The summed E-state index contributed by atoms with van der Waals surface area (Å²) in [6.45, 7) is 7.89. The van der Waals surface area contributed by atoms with E-state index in [1.165, 1.54) is 0 Å². The molecule has 0 aliphatic carbocycles. The number of pyridine rings is 1. The molecule has 1 N–H and O–H groups in total. The molecule has 2 heterocycles. The molecule has 1 saturated heterocycles. The van der Waals surface area contributed by atoms with Gasteiger partial charge in [-0.2, -0.15) is 0 Å². The first-order chi connectivity index (χ1) is 13.1. The first-order valence-electron chi connectivity index (χ1n) is 9.40. The van der Waals surface area contributed by atoms with Gasteiger partial charge < -0.3 is 15.0 Å². The molecule has 1 amide bonds. The summed E-state index contributed by atoms with van der Waals surface area (Å²) in [6, 6.07) is 14.1. The second kappa shape index (κ2) is 9.76. The lowest BCUT2D eigenvalue weighted by Crippen LogP contribution is -2.37. The van der Waals surface area contributed by atoms with Crippen LogP contribution >= 0.6 is 11.8 Å². The van der Waals surface area contributed by atoms with E-state index in [1.54, 1.807) is 11.8 Å². The number of ether oxygens (including phenoxy) is 1. The fourth-order valence-electron chi connectivity index (χ4n) is 2.93. The summed E-state index contributed by atoms with van der Waals surface area (Å²) in [5, 5.41) is 2.95. The average molecular weight is 386 g/mol. The van der Waals surface area contributed by atoms with Gasteiger partial charge in [0.15, 0.2) is 0 Å². The Labute approximate surface area is 165 Å². The average Bonchev–Trinajstić information content (AvgIpc) is 2.72. The molecule has 1 aliphatic rings. The number of amides is 1. The number of morpholine rings is 1. The van der Waals surface area contributed by atoms with Gasteiger partial charge in [0.25, 0.3) is 0 Å². The predicted octanol–water partition coefficient (Wildman–Crippen LogP) is 3.35. The van der Waals surface area contributed by atoms with E-state index in [9.17, 15) is 4.79 Å². The van der Waals surface area contributed by atoms with E-state index in [-0.39, 0.29) is 17.1 Å². The molecule has 1 atom stereocenters. The number of rotatable bonds is 7. The van der Waals surface area contributed by atoms with Gasteiger partial charge in [-0.3, -0.25) is 4.79 Å². The van der Waals surface area contributed by atoms with E-state index in [4.69, 9.17) is 4.74 Å². The number of anilines is 1. The second-order valence-corrected chi connectivity index (χ2v) is 8.15. The number of carbonyl (C=O) groups excluding carboxylic acids is 1. The highest BCUT2D eigenvalue weighted by Crippen LogP contribution is 2.28. The fraction of sp³-hybridized carbons (Fsp3) is 0.429. The lowest BCUT2D eigenvalue weighted by atomic mass is 10.1. The molecular formula is C21H27N3O2S. The van der Waals surface area contributed by atoms with E-state index in [0.717, 1.165) is 42.6 Å². The van der Waals surface area contributed by atoms with Crippen molar-refractivity contribution in [2.24, 2.45) is 5.92 Å². The maximum absolute atomic E-state index is 12.7. The SMILES string of the molecule is CC(C)[C@@H](Sc1ccccc1)C(=O)NCc1ccc(N2CCOCC2)nc1. The van der Waals surface area contributed by atoms with Gasteiger partial charge in [0, 0.05) is 30.7 Å². The van der Waals surface area contributed by atoms with E-state index in [0.29, 0.717) is 6.54 Å². The van der Waals surface area contributed by atoms with E-state index in [2.05, 4.69) is 29.0 Å². The highest BCUT2D eigenvalue weighted by atomic mass is 32.2. The van der Waals surface area contributed by atoms with Gasteiger partial charge in [0.05, 0.1) is 18.5 Å². The molecule has 144 valence electrons. The maximum Gasteiger partial charge on any atom is 0.234 e. The van der Waals surface area contributed by atoms with Crippen LogP contribution in [-0.2, 0) is 16.1 Å². The number of aromatic nitrogens is 1. The van der Waals surface area contributed by atoms with Crippen LogP contribution in [0.5, 0.6) is 0 Å². The number of benzene rings is 1. The van der Waals surface area contributed by atoms with Crippen LogP contribution in [-0.4, -0.2) is 42.4 Å². The fourth-order valence-corrected chi connectivity index (χ4v) is 4.00. The smallest absolute Gasteiger partial charge is 0.234 e. The number of hydrogen-bond acceptors (Lipinski definition) is 5. The minimum Gasteiger partial charge on any atom is -0.378 e. The molecule has 27 heavy (non-hydrogen) atoms. The minimum absolute atomic E-state index is 0.0658. The van der Waals surface area contributed by atoms with Gasteiger partial charge in [0.1, 0.15) is 5.82 Å². The number of nitrogens with one attached hydrogen (secondary N) is 1. The molecule has 0 unspecified atom stereocenters. The van der Waals surface area contributed by atoms with Crippen molar-refractivity contribution in [2.45, 2.75) is 30.5 Å². The Kier molecular flexibility index (Phi) is 7.12. The maximum atomic E-state index is 12.7. The van der Waals surface area contributed by atoms with Gasteiger partial charge in [-0.05, 0) is 29.7 Å². The van der Waals surface area contributed by atoms with Crippen LogP contribution in [0.15, 0.2) is 53.6 Å². The summed E-state index contributed by atoms with van der Waals surface area (Å²) in [7, 11) is 0. The first-order valence-corrected chi connectivity index (χ1v) is 10.3. The number of nitrogens with zero attached hydrogens (tertiary/aromatic N) is 2. The third kappa shape index (κ3) is 5.71. The zero-order chi connectivity index (χ0) is 19.1. The number of carbonyl (C=O) groups is 1. The molecule has 3 rings (SSSR count). The lowest BCUT2D eigenvalue weighted by molar-refractivity contribution is -0.121. The summed E-state index contributed by atoms with van der Waals surface area (Å²) in [4.78, 5) is 20.6. The van der Waals surface area contributed by atoms with Crippen molar-refractivity contribution in [3.8, 4) is 0 Å². The third-order valence-corrected chi connectivity index (χ3v) is 6.04. The van der Waals surface area contributed by atoms with Crippen molar-refractivity contribution in [3.63, 3.8) is 0 Å². The standard InChI is InChI=1S/C21H27N3O2S/c1-16(2)20(27-18-6-4-3-5-7-18)21(25)23-15-17-8-9-19(22-14-17)24-10-12-26-13-11-24/h3-9,14,16,20H,10-13,15H2,1-2H3,(H,23,25)/t20-/m1/s1. The quantitative estimate of drug-likeness (QED) is 0.741. The molecule has 0 saturated carbocycles. The zero-order valence-electron chi connectivity index (χ0n) is 15.9. The third-order valence-electron chi connectivity index (χ3n) is 4.48. The van der Waals surface area contributed by atoms with Crippen molar-refractivity contribution >= 4 is 23.5 Å². The highest BCUT2D eigenvalue weighted by molar-refractivity contribution is 8.00. The minimum atomic E-state index is -0.118. The lowest BCUT2D eigenvalue weighted by Gasteiger charge is -2.27. The largest absolute Gasteiger partial charge is 0.378 e. The first kappa shape index (κ1) is 19.7. The van der Waals surface area contributed by atoms with Crippen LogP contribution in [0.25, 0.3) is 0 Å². The Morgan fingerprint density at radius 1 is 1.19 bits per heavy atom. The molecule has 1 fully saturated rings. The van der Waals surface area contributed by atoms with Crippen LogP contribution in [0.2, 0.25) is 0 Å². The molecular weight excluding hydrogens is 358 g/mol. The predicted molar refractivity (Wildman–Crippen MR) is 110 cm³/mol. The summed E-state index contributed by atoms with van der Waals surface area (Å²) in [5.74, 6) is 1.28. The molecule has 0 spiro atoms. The number of hydrogen-bond donors (Lipinski definition) is 1. The van der Waals surface area contributed by atoms with Gasteiger partial charge in [-0.15, -0.1) is 11.8 Å². The Hall–Kier alpha value is -2.05. The molecule has 5 nitrogen and oxygen atoms in total. The van der Waals surface area contributed by atoms with Crippen molar-refractivity contribution in [2.75, 3.05) is 31.2 Å². The van der Waals surface area contributed by atoms with Gasteiger partial charge >= 0.3 is 0 Å². The van der Waals surface area contributed by atoms with Crippen molar-refractivity contribution in [1.29, 1.82) is 0 Å². The van der Waals surface area contributed by atoms with Gasteiger partial charge in [-0.1, -0.05) is 38.1 Å². The molecule has 0 bridgehead atoms. The molecule has 2 aromatic rings. The summed E-state index contributed by atoms with van der Waals surface area (Å²) >= 11 is 1.62. The second-order valence-electron chi connectivity index (χ2n) is 6.94. The van der Waals surface area contributed by atoms with Crippen LogP contribution < -0.4 is 10.2 Å². The van der Waals surface area contributed by atoms with Crippen molar-refractivity contribution in [1.82, 2.24) is 10.3 Å². The van der Waals surface area contributed by atoms with E-state index in [1.807, 2.05) is 48.7 Å². The topological polar surface area (TPSA) is 54.5 Å². The highest BCUT2D eigenvalue weighted by Gasteiger charge is 2.23. The summed E-state index contributed by atoms with van der Waals surface area (Å²) in [6.07, 6.45) is 1.85. The van der Waals surface area contributed by atoms with E-state index < -0.39 is 0 Å². The zero-order valence-corrected chi connectivity index (χ0v) is 16.7. The molecule has 1 aliphatic heterocycles. The van der Waals surface area contributed by atoms with Gasteiger partial charge in [-0.25, -0.2) is 4.98 Å².